The highest BCUT2D eigenvalue weighted by atomic mass is 79.9. The summed E-state index contributed by atoms with van der Waals surface area (Å²) in [5.74, 6) is -0.435. The molecule has 1 rings (SSSR count). The van der Waals surface area contributed by atoms with E-state index in [1.165, 1.54) is 7.11 Å². The van der Waals surface area contributed by atoms with Gasteiger partial charge in [-0.25, -0.2) is 4.79 Å². The van der Waals surface area contributed by atoms with Crippen molar-refractivity contribution in [1.82, 2.24) is 0 Å². The van der Waals surface area contributed by atoms with Crippen molar-refractivity contribution in [2.45, 2.75) is 4.90 Å². The van der Waals surface area contributed by atoms with Crippen LogP contribution in [0.3, 0.4) is 0 Å². The monoisotopic (exact) mass is 271 g/mol. The molecule has 0 spiro atoms. The molecule has 0 aliphatic carbocycles. The molecule has 72 valence electrons. The van der Waals surface area contributed by atoms with Crippen molar-refractivity contribution in [2.24, 2.45) is 0 Å². The van der Waals surface area contributed by atoms with Gasteiger partial charge < -0.3 is 4.74 Å². The van der Waals surface area contributed by atoms with Gasteiger partial charge in [0, 0.05) is 9.37 Å². The molecule has 3 nitrogen and oxygen atoms in total. The Kier molecular flexibility index (Phi) is 3.98. The highest BCUT2D eigenvalue weighted by Crippen LogP contribution is 2.26. The Labute approximate surface area is 94.2 Å². The average Bonchev–Trinajstić information content (AvgIpc) is 2.17. The number of thioether (sulfide) groups is 1. The summed E-state index contributed by atoms with van der Waals surface area (Å²) in [7, 11) is 1.31. The summed E-state index contributed by atoms with van der Waals surface area (Å²) in [4.78, 5) is 11.9. The van der Waals surface area contributed by atoms with Crippen LogP contribution in [0.5, 0.6) is 0 Å². The standard InChI is InChI=1S/C9H6BrNO2S/c1-13-9(12)7-3-2-6(10)4-8(7)14-5-11/h2-4H,1H3. The molecule has 0 bridgehead atoms. The predicted octanol–water partition coefficient (Wildman–Crippen LogP) is 2.81. The normalized spacial score (nSPS) is 9.21. The maximum Gasteiger partial charge on any atom is 0.339 e. The third-order valence-corrected chi connectivity index (χ3v) is 2.65. The molecule has 1 aromatic rings. The predicted molar refractivity (Wildman–Crippen MR) is 57.0 cm³/mol. The second-order valence-electron chi connectivity index (χ2n) is 2.33. The molecule has 0 aliphatic heterocycles. The van der Waals surface area contributed by atoms with Crippen LogP contribution in [0.4, 0.5) is 0 Å². The summed E-state index contributed by atoms with van der Waals surface area (Å²) in [5.41, 5.74) is 0.405. The lowest BCUT2D eigenvalue weighted by atomic mass is 10.2. The number of hydrogen-bond acceptors (Lipinski definition) is 4. The summed E-state index contributed by atoms with van der Waals surface area (Å²) in [5, 5.41) is 10.5. The maximum absolute atomic E-state index is 11.3. The Morgan fingerprint density at radius 1 is 1.64 bits per heavy atom. The van der Waals surface area contributed by atoms with Gasteiger partial charge in [0.2, 0.25) is 0 Å². The van der Waals surface area contributed by atoms with Crippen LogP contribution >= 0.6 is 27.7 Å². The molecular weight excluding hydrogens is 266 g/mol. The van der Waals surface area contributed by atoms with Crippen molar-refractivity contribution in [3.63, 3.8) is 0 Å². The number of methoxy groups -OCH3 is 1. The highest BCUT2D eigenvalue weighted by molar-refractivity contribution is 9.10. The van der Waals surface area contributed by atoms with Crippen molar-refractivity contribution in [1.29, 1.82) is 5.26 Å². The first-order chi connectivity index (χ1) is 6.69. The lowest BCUT2D eigenvalue weighted by Gasteiger charge is -2.03. The molecule has 0 aliphatic rings. The van der Waals surface area contributed by atoms with Crippen LogP contribution in [0.25, 0.3) is 0 Å². The van der Waals surface area contributed by atoms with Crippen molar-refractivity contribution >= 4 is 33.7 Å². The van der Waals surface area contributed by atoms with Gasteiger partial charge in [-0.2, -0.15) is 5.26 Å². The van der Waals surface area contributed by atoms with E-state index in [9.17, 15) is 4.79 Å². The first-order valence-electron chi connectivity index (χ1n) is 3.63. The van der Waals surface area contributed by atoms with E-state index >= 15 is 0 Å². The Morgan fingerprint density at radius 2 is 2.36 bits per heavy atom. The average molecular weight is 272 g/mol. The molecule has 0 saturated heterocycles. The number of carbonyl (C=O) groups excluding carboxylic acids is 1. The van der Waals surface area contributed by atoms with E-state index < -0.39 is 5.97 Å². The van der Waals surface area contributed by atoms with Crippen LogP contribution in [0, 0.1) is 10.7 Å². The van der Waals surface area contributed by atoms with Crippen LogP contribution in [-0.2, 0) is 4.74 Å². The van der Waals surface area contributed by atoms with E-state index in [4.69, 9.17) is 5.26 Å². The first-order valence-corrected chi connectivity index (χ1v) is 5.23. The molecule has 14 heavy (non-hydrogen) atoms. The van der Waals surface area contributed by atoms with Gasteiger partial charge in [-0.3, -0.25) is 0 Å². The zero-order valence-corrected chi connectivity index (χ0v) is 9.68. The minimum atomic E-state index is -0.435. The number of nitrogens with zero attached hydrogens (tertiary/aromatic N) is 1. The van der Waals surface area contributed by atoms with E-state index in [1.54, 1.807) is 18.2 Å². The molecule has 0 radical (unpaired) electrons. The molecule has 0 unspecified atom stereocenters. The summed E-state index contributed by atoms with van der Waals surface area (Å²) in [6.07, 6.45) is 0. The summed E-state index contributed by atoms with van der Waals surface area (Å²) in [6, 6.07) is 5.06. The Balaban J connectivity index is 3.15. The zero-order chi connectivity index (χ0) is 10.6. The second kappa shape index (κ2) is 5.03. The van der Waals surface area contributed by atoms with Gasteiger partial charge in [0.25, 0.3) is 0 Å². The number of benzene rings is 1. The number of ether oxygens (including phenoxy) is 1. The molecule has 0 atom stereocenters. The summed E-state index contributed by atoms with van der Waals surface area (Å²) < 4.78 is 5.41. The smallest absolute Gasteiger partial charge is 0.339 e. The zero-order valence-electron chi connectivity index (χ0n) is 7.28. The minimum absolute atomic E-state index is 0.405. The molecule has 1 aromatic carbocycles. The van der Waals surface area contributed by atoms with Gasteiger partial charge in [0.15, 0.2) is 0 Å². The fourth-order valence-electron chi connectivity index (χ4n) is 0.908. The number of hydrogen-bond donors (Lipinski definition) is 0. The Morgan fingerprint density at radius 3 is 2.93 bits per heavy atom. The molecule has 0 heterocycles. The molecule has 0 aromatic heterocycles. The Bertz CT molecular complexity index is 400. The van der Waals surface area contributed by atoms with E-state index in [0.29, 0.717) is 10.5 Å². The molecule has 0 N–H and O–H groups in total. The summed E-state index contributed by atoms with van der Waals surface area (Å²) in [6.45, 7) is 0. The number of nitriles is 1. The van der Waals surface area contributed by atoms with Gasteiger partial charge in [-0.15, -0.1) is 0 Å². The SMILES string of the molecule is COC(=O)c1ccc(Br)cc1SC#N. The van der Waals surface area contributed by atoms with E-state index in [2.05, 4.69) is 20.7 Å². The third kappa shape index (κ3) is 2.50. The van der Waals surface area contributed by atoms with Crippen LogP contribution < -0.4 is 0 Å². The molecule has 5 heteroatoms. The number of halogens is 1. The molecule has 0 saturated carbocycles. The number of thiocyanates is 1. The summed E-state index contributed by atoms with van der Waals surface area (Å²) >= 11 is 4.20. The van der Waals surface area contributed by atoms with Crippen molar-refractivity contribution in [3.05, 3.63) is 28.2 Å². The van der Waals surface area contributed by atoms with E-state index in [1.807, 2.05) is 5.40 Å². The fourth-order valence-corrected chi connectivity index (χ4v) is 1.97. The quantitative estimate of drug-likeness (QED) is 0.472. The van der Waals surface area contributed by atoms with Gasteiger partial charge in [-0.05, 0) is 30.0 Å². The fraction of sp³-hybridized carbons (Fsp3) is 0.111. The van der Waals surface area contributed by atoms with Crippen LogP contribution in [0.1, 0.15) is 10.4 Å². The van der Waals surface area contributed by atoms with Crippen molar-refractivity contribution < 1.29 is 9.53 Å². The molecular formula is C9H6BrNO2S. The van der Waals surface area contributed by atoms with E-state index in [0.717, 1.165) is 16.2 Å². The number of rotatable bonds is 2. The van der Waals surface area contributed by atoms with Crippen LogP contribution in [0.2, 0.25) is 0 Å². The first kappa shape index (κ1) is 11.1. The van der Waals surface area contributed by atoms with Gasteiger partial charge in [0.1, 0.15) is 5.40 Å². The van der Waals surface area contributed by atoms with Gasteiger partial charge >= 0.3 is 5.97 Å². The minimum Gasteiger partial charge on any atom is -0.465 e. The van der Waals surface area contributed by atoms with Crippen molar-refractivity contribution in [3.8, 4) is 5.40 Å². The number of esters is 1. The Hall–Kier alpha value is -0.990. The lowest BCUT2D eigenvalue weighted by molar-refractivity contribution is 0.0597. The van der Waals surface area contributed by atoms with Crippen molar-refractivity contribution in [2.75, 3.05) is 7.11 Å². The topological polar surface area (TPSA) is 50.1 Å². The third-order valence-electron chi connectivity index (χ3n) is 1.50. The van der Waals surface area contributed by atoms with Gasteiger partial charge in [-0.1, -0.05) is 15.9 Å². The highest BCUT2D eigenvalue weighted by Gasteiger charge is 2.12. The van der Waals surface area contributed by atoms with Crippen LogP contribution in [-0.4, -0.2) is 13.1 Å². The molecule has 0 amide bonds. The molecule has 0 fully saturated rings. The maximum atomic E-state index is 11.3. The van der Waals surface area contributed by atoms with E-state index in [-0.39, 0.29) is 0 Å². The number of carbonyl (C=O) groups is 1. The largest absolute Gasteiger partial charge is 0.465 e. The van der Waals surface area contributed by atoms with Gasteiger partial charge in [0.05, 0.1) is 12.7 Å². The van der Waals surface area contributed by atoms with Crippen LogP contribution in [0.15, 0.2) is 27.6 Å². The second-order valence-corrected chi connectivity index (χ2v) is 4.07. The lowest BCUT2D eigenvalue weighted by Crippen LogP contribution is -2.02.